The van der Waals surface area contributed by atoms with Crippen LogP contribution in [0.25, 0.3) is 0 Å². The number of amides is 1. The minimum Gasteiger partial charge on any atom is -0.355 e. The Labute approximate surface area is 111 Å². The Kier molecular flexibility index (Phi) is 7.28. The largest absolute Gasteiger partial charge is 0.355 e. The van der Waals surface area contributed by atoms with Gasteiger partial charge in [0, 0.05) is 19.5 Å². The van der Waals surface area contributed by atoms with E-state index in [9.17, 15) is 4.79 Å². The summed E-state index contributed by atoms with van der Waals surface area (Å²) in [6.07, 6.45) is 4.13. The standard InChI is InChI=1S/C14H29N3O/c1-3-13(11-15)10-14(18)16-6-9-17-7-4-12(2)5-8-17/h12-13H,3-11,15H2,1-2H3,(H,16,18). The van der Waals surface area contributed by atoms with E-state index in [2.05, 4.69) is 24.1 Å². The van der Waals surface area contributed by atoms with Gasteiger partial charge in [0.25, 0.3) is 0 Å². The van der Waals surface area contributed by atoms with E-state index in [1.807, 2.05) is 0 Å². The third-order valence-corrected chi connectivity index (χ3v) is 4.01. The summed E-state index contributed by atoms with van der Waals surface area (Å²) in [6.45, 7) is 9.12. The van der Waals surface area contributed by atoms with E-state index >= 15 is 0 Å². The maximum atomic E-state index is 11.7. The Hall–Kier alpha value is -0.610. The number of carbonyl (C=O) groups excluding carboxylic acids is 1. The molecule has 1 amide bonds. The average Bonchev–Trinajstić information content (AvgIpc) is 2.38. The number of piperidine rings is 1. The van der Waals surface area contributed by atoms with Crippen molar-refractivity contribution in [3.05, 3.63) is 0 Å². The highest BCUT2D eigenvalue weighted by Gasteiger charge is 2.15. The number of nitrogens with two attached hydrogens (primary N) is 1. The van der Waals surface area contributed by atoms with Gasteiger partial charge in [-0.1, -0.05) is 20.3 Å². The van der Waals surface area contributed by atoms with Crippen LogP contribution in [0.4, 0.5) is 0 Å². The first kappa shape index (κ1) is 15.4. The number of likely N-dealkylation sites (tertiary alicyclic amines) is 1. The average molecular weight is 255 g/mol. The Morgan fingerprint density at radius 3 is 2.67 bits per heavy atom. The number of nitrogens with one attached hydrogen (secondary N) is 1. The fourth-order valence-electron chi connectivity index (χ4n) is 2.37. The monoisotopic (exact) mass is 255 g/mol. The molecule has 0 aromatic carbocycles. The van der Waals surface area contributed by atoms with Crippen LogP contribution in [0.5, 0.6) is 0 Å². The first-order valence-electron chi connectivity index (χ1n) is 7.34. The van der Waals surface area contributed by atoms with Crippen molar-refractivity contribution < 1.29 is 4.79 Å². The molecule has 1 fully saturated rings. The lowest BCUT2D eigenvalue weighted by Crippen LogP contribution is -2.39. The molecule has 0 radical (unpaired) electrons. The molecule has 0 aliphatic carbocycles. The van der Waals surface area contributed by atoms with Gasteiger partial charge in [0.1, 0.15) is 0 Å². The Balaban J connectivity index is 2.08. The van der Waals surface area contributed by atoms with Crippen LogP contribution in [-0.2, 0) is 4.79 Å². The van der Waals surface area contributed by atoms with Gasteiger partial charge in [-0.05, 0) is 44.3 Å². The van der Waals surface area contributed by atoms with Crippen LogP contribution in [-0.4, -0.2) is 43.5 Å². The van der Waals surface area contributed by atoms with E-state index in [0.717, 1.165) is 25.4 Å². The molecule has 0 bridgehead atoms. The van der Waals surface area contributed by atoms with Crippen LogP contribution >= 0.6 is 0 Å². The molecular formula is C14H29N3O. The Morgan fingerprint density at radius 1 is 1.44 bits per heavy atom. The van der Waals surface area contributed by atoms with Gasteiger partial charge in [-0.3, -0.25) is 4.79 Å². The van der Waals surface area contributed by atoms with Crippen LogP contribution in [0.2, 0.25) is 0 Å². The van der Waals surface area contributed by atoms with Gasteiger partial charge in [0.2, 0.25) is 5.91 Å². The zero-order valence-corrected chi connectivity index (χ0v) is 12.0. The van der Waals surface area contributed by atoms with Crippen LogP contribution in [0.15, 0.2) is 0 Å². The lowest BCUT2D eigenvalue weighted by atomic mass is 9.99. The first-order chi connectivity index (χ1) is 8.65. The highest BCUT2D eigenvalue weighted by Crippen LogP contribution is 2.15. The molecule has 0 aromatic rings. The van der Waals surface area contributed by atoms with E-state index in [1.54, 1.807) is 0 Å². The molecular weight excluding hydrogens is 226 g/mol. The molecule has 4 nitrogen and oxygen atoms in total. The molecule has 1 aliphatic rings. The van der Waals surface area contributed by atoms with Crippen molar-refractivity contribution in [3.63, 3.8) is 0 Å². The fourth-order valence-corrected chi connectivity index (χ4v) is 2.37. The van der Waals surface area contributed by atoms with Crippen molar-refractivity contribution in [2.45, 2.75) is 39.5 Å². The number of hydrogen-bond acceptors (Lipinski definition) is 3. The Bertz CT molecular complexity index is 233. The highest BCUT2D eigenvalue weighted by atomic mass is 16.1. The summed E-state index contributed by atoms with van der Waals surface area (Å²) >= 11 is 0. The molecule has 18 heavy (non-hydrogen) atoms. The minimum absolute atomic E-state index is 0.151. The van der Waals surface area contributed by atoms with Gasteiger partial charge >= 0.3 is 0 Å². The van der Waals surface area contributed by atoms with Gasteiger partial charge in [-0.25, -0.2) is 0 Å². The second-order valence-corrected chi connectivity index (χ2v) is 5.59. The first-order valence-corrected chi connectivity index (χ1v) is 7.34. The van der Waals surface area contributed by atoms with Crippen molar-refractivity contribution >= 4 is 5.91 Å². The quantitative estimate of drug-likeness (QED) is 0.719. The molecule has 106 valence electrons. The zero-order chi connectivity index (χ0) is 13.4. The van der Waals surface area contributed by atoms with Crippen LogP contribution < -0.4 is 11.1 Å². The topological polar surface area (TPSA) is 58.4 Å². The van der Waals surface area contributed by atoms with Gasteiger partial charge in [-0.2, -0.15) is 0 Å². The fraction of sp³-hybridized carbons (Fsp3) is 0.929. The maximum Gasteiger partial charge on any atom is 0.220 e. The normalized spacial score (nSPS) is 19.7. The van der Waals surface area contributed by atoms with Gasteiger partial charge in [-0.15, -0.1) is 0 Å². The van der Waals surface area contributed by atoms with E-state index < -0.39 is 0 Å². The summed E-state index contributed by atoms with van der Waals surface area (Å²) in [5.41, 5.74) is 5.60. The Morgan fingerprint density at radius 2 is 2.11 bits per heavy atom. The van der Waals surface area contributed by atoms with E-state index in [0.29, 0.717) is 18.9 Å². The minimum atomic E-state index is 0.151. The molecule has 0 aromatic heterocycles. The molecule has 1 atom stereocenters. The lowest BCUT2D eigenvalue weighted by molar-refractivity contribution is -0.122. The SMILES string of the molecule is CCC(CN)CC(=O)NCCN1CCC(C)CC1. The zero-order valence-electron chi connectivity index (χ0n) is 12.0. The predicted molar refractivity (Wildman–Crippen MR) is 75.3 cm³/mol. The summed E-state index contributed by atoms with van der Waals surface area (Å²) in [7, 11) is 0. The molecule has 1 saturated heterocycles. The molecule has 1 heterocycles. The molecule has 3 N–H and O–H groups in total. The smallest absolute Gasteiger partial charge is 0.220 e. The van der Waals surface area contributed by atoms with Crippen molar-refractivity contribution in [3.8, 4) is 0 Å². The predicted octanol–water partition coefficient (Wildman–Crippen LogP) is 1.21. The molecule has 1 aliphatic heterocycles. The van der Waals surface area contributed by atoms with Crippen molar-refractivity contribution in [1.82, 2.24) is 10.2 Å². The van der Waals surface area contributed by atoms with E-state index in [1.165, 1.54) is 25.9 Å². The van der Waals surface area contributed by atoms with Crippen LogP contribution in [0.1, 0.15) is 39.5 Å². The van der Waals surface area contributed by atoms with E-state index in [4.69, 9.17) is 5.73 Å². The molecule has 0 spiro atoms. The van der Waals surface area contributed by atoms with E-state index in [-0.39, 0.29) is 5.91 Å². The number of nitrogens with zero attached hydrogens (tertiary/aromatic N) is 1. The third kappa shape index (κ3) is 5.83. The summed E-state index contributed by atoms with van der Waals surface area (Å²) in [4.78, 5) is 14.1. The van der Waals surface area contributed by atoms with Crippen molar-refractivity contribution in [2.24, 2.45) is 17.6 Å². The van der Waals surface area contributed by atoms with Crippen LogP contribution in [0.3, 0.4) is 0 Å². The summed E-state index contributed by atoms with van der Waals surface area (Å²) < 4.78 is 0. The molecule has 1 unspecified atom stereocenters. The second kappa shape index (κ2) is 8.48. The van der Waals surface area contributed by atoms with Crippen molar-refractivity contribution in [2.75, 3.05) is 32.7 Å². The third-order valence-electron chi connectivity index (χ3n) is 4.01. The van der Waals surface area contributed by atoms with Crippen LogP contribution in [0, 0.1) is 11.8 Å². The summed E-state index contributed by atoms with van der Waals surface area (Å²) in [6, 6.07) is 0. The lowest BCUT2D eigenvalue weighted by Gasteiger charge is -2.30. The maximum absolute atomic E-state index is 11.7. The highest BCUT2D eigenvalue weighted by molar-refractivity contribution is 5.76. The molecule has 4 heteroatoms. The number of carbonyl (C=O) groups is 1. The van der Waals surface area contributed by atoms with Crippen molar-refractivity contribution in [1.29, 1.82) is 0 Å². The summed E-state index contributed by atoms with van der Waals surface area (Å²) in [5.74, 6) is 1.35. The summed E-state index contributed by atoms with van der Waals surface area (Å²) in [5, 5.41) is 3.00. The van der Waals surface area contributed by atoms with Gasteiger partial charge in [0.15, 0.2) is 0 Å². The number of rotatable bonds is 7. The van der Waals surface area contributed by atoms with Gasteiger partial charge < -0.3 is 16.0 Å². The molecule has 1 rings (SSSR count). The molecule has 0 saturated carbocycles. The van der Waals surface area contributed by atoms with Gasteiger partial charge in [0.05, 0.1) is 0 Å². The second-order valence-electron chi connectivity index (χ2n) is 5.59. The number of hydrogen-bond donors (Lipinski definition) is 2.